The van der Waals surface area contributed by atoms with Gasteiger partial charge in [-0.2, -0.15) is 13.2 Å². The molecule has 3 nitrogen and oxygen atoms in total. The monoisotopic (exact) mass is 300 g/mol. The summed E-state index contributed by atoms with van der Waals surface area (Å²) >= 11 is 0. The topological polar surface area (TPSA) is 45.1 Å². The maximum Gasteiger partial charge on any atom is 0.417 e. The number of anilines is 1. The molecule has 21 heavy (non-hydrogen) atoms. The van der Waals surface area contributed by atoms with Gasteiger partial charge in [-0.15, -0.1) is 0 Å². The van der Waals surface area contributed by atoms with Crippen LogP contribution in [0.4, 0.5) is 23.4 Å². The fourth-order valence-corrected chi connectivity index (χ4v) is 1.78. The first-order valence-corrected chi connectivity index (χ1v) is 6.06. The zero-order valence-electron chi connectivity index (χ0n) is 10.7. The predicted molar refractivity (Wildman–Crippen MR) is 69.1 cm³/mol. The van der Waals surface area contributed by atoms with Gasteiger partial charge < -0.3 is 10.4 Å². The summed E-state index contributed by atoms with van der Waals surface area (Å²) in [6.07, 6.45) is -3.76. The first kappa shape index (κ1) is 15.2. The van der Waals surface area contributed by atoms with E-state index in [9.17, 15) is 22.7 Å². The van der Waals surface area contributed by atoms with Crippen molar-refractivity contribution in [2.24, 2.45) is 0 Å². The molecule has 1 atom stereocenters. The standard InChI is InChI=1S/C14H12F4N2O/c15-11-3-1-2-9(6-11)12(8-21)20-13-5-4-10(7-19-13)14(16,17)18/h1-7,12,21H,8H2,(H,19,20)/t12-/m0/s1. The SMILES string of the molecule is OC[C@H](Nc1ccc(C(F)(F)F)cn1)c1cccc(F)c1. The van der Waals surface area contributed by atoms with Crippen LogP contribution in [-0.4, -0.2) is 16.7 Å². The Morgan fingerprint density at radius 1 is 1.19 bits per heavy atom. The van der Waals surface area contributed by atoms with Crippen LogP contribution in [0.3, 0.4) is 0 Å². The van der Waals surface area contributed by atoms with Gasteiger partial charge in [-0.1, -0.05) is 12.1 Å². The molecule has 2 N–H and O–H groups in total. The number of nitrogens with zero attached hydrogens (tertiary/aromatic N) is 1. The maximum atomic E-state index is 13.1. The van der Waals surface area contributed by atoms with Crippen molar-refractivity contribution in [3.05, 3.63) is 59.5 Å². The number of benzene rings is 1. The largest absolute Gasteiger partial charge is 0.417 e. The van der Waals surface area contributed by atoms with E-state index in [1.807, 2.05) is 0 Å². The average Bonchev–Trinajstić information content (AvgIpc) is 2.44. The number of aromatic nitrogens is 1. The smallest absolute Gasteiger partial charge is 0.394 e. The Balaban J connectivity index is 2.15. The van der Waals surface area contributed by atoms with Gasteiger partial charge in [0.25, 0.3) is 0 Å². The Kier molecular flexibility index (Phi) is 4.42. The number of pyridine rings is 1. The van der Waals surface area contributed by atoms with Crippen LogP contribution in [0.1, 0.15) is 17.2 Å². The highest BCUT2D eigenvalue weighted by molar-refractivity contribution is 5.40. The van der Waals surface area contributed by atoms with E-state index >= 15 is 0 Å². The Bertz CT molecular complexity index is 599. The van der Waals surface area contributed by atoms with E-state index in [0.717, 1.165) is 12.1 Å². The molecule has 0 aliphatic carbocycles. The Labute approximate surface area is 118 Å². The molecule has 1 aromatic heterocycles. The summed E-state index contributed by atoms with van der Waals surface area (Å²) < 4.78 is 50.4. The lowest BCUT2D eigenvalue weighted by atomic mass is 10.1. The molecule has 0 saturated carbocycles. The molecule has 0 unspecified atom stereocenters. The van der Waals surface area contributed by atoms with E-state index in [-0.39, 0.29) is 12.4 Å². The van der Waals surface area contributed by atoms with Crippen LogP contribution in [0.15, 0.2) is 42.6 Å². The minimum Gasteiger partial charge on any atom is -0.394 e. The summed E-state index contributed by atoms with van der Waals surface area (Å²) in [5, 5.41) is 12.1. The van der Waals surface area contributed by atoms with Gasteiger partial charge in [0.05, 0.1) is 18.2 Å². The molecule has 112 valence electrons. The molecule has 1 heterocycles. The van der Waals surface area contributed by atoms with Crippen molar-refractivity contribution >= 4 is 5.82 Å². The number of aliphatic hydroxyl groups excluding tert-OH is 1. The molecule has 2 aromatic rings. The average molecular weight is 300 g/mol. The number of hydrogen-bond donors (Lipinski definition) is 2. The predicted octanol–water partition coefficient (Wildman–Crippen LogP) is 3.39. The number of rotatable bonds is 4. The fraction of sp³-hybridized carbons (Fsp3) is 0.214. The van der Waals surface area contributed by atoms with E-state index in [1.54, 1.807) is 6.07 Å². The van der Waals surface area contributed by atoms with Crippen LogP contribution in [0.2, 0.25) is 0 Å². The third-order valence-electron chi connectivity index (χ3n) is 2.85. The molecular weight excluding hydrogens is 288 g/mol. The lowest BCUT2D eigenvalue weighted by Gasteiger charge is -2.17. The van der Waals surface area contributed by atoms with Gasteiger partial charge in [-0.05, 0) is 29.8 Å². The van der Waals surface area contributed by atoms with Gasteiger partial charge in [0, 0.05) is 6.20 Å². The summed E-state index contributed by atoms with van der Waals surface area (Å²) in [5.41, 5.74) is -0.390. The van der Waals surface area contributed by atoms with Crippen molar-refractivity contribution in [3.8, 4) is 0 Å². The van der Waals surface area contributed by atoms with Crippen molar-refractivity contribution < 1.29 is 22.7 Å². The summed E-state index contributed by atoms with van der Waals surface area (Å²) in [6.45, 7) is -0.355. The highest BCUT2D eigenvalue weighted by Crippen LogP contribution is 2.29. The fourth-order valence-electron chi connectivity index (χ4n) is 1.78. The van der Waals surface area contributed by atoms with E-state index in [2.05, 4.69) is 10.3 Å². The molecule has 0 amide bonds. The van der Waals surface area contributed by atoms with Crippen molar-refractivity contribution in [1.29, 1.82) is 0 Å². The number of aliphatic hydroxyl groups is 1. The minimum atomic E-state index is -4.45. The molecule has 7 heteroatoms. The lowest BCUT2D eigenvalue weighted by Crippen LogP contribution is -2.16. The van der Waals surface area contributed by atoms with Crippen molar-refractivity contribution in [2.45, 2.75) is 12.2 Å². The Morgan fingerprint density at radius 3 is 2.48 bits per heavy atom. The molecule has 2 rings (SSSR count). The van der Waals surface area contributed by atoms with Gasteiger partial charge in [0.1, 0.15) is 11.6 Å². The van der Waals surface area contributed by atoms with E-state index in [4.69, 9.17) is 0 Å². The highest BCUT2D eigenvalue weighted by Gasteiger charge is 2.30. The van der Waals surface area contributed by atoms with E-state index < -0.39 is 23.6 Å². The maximum absolute atomic E-state index is 13.1. The molecule has 0 bridgehead atoms. The third kappa shape index (κ3) is 3.91. The number of alkyl halides is 3. The number of halogens is 4. The van der Waals surface area contributed by atoms with Crippen molar-refractivity contribution in [1.82, 2.24) is 4.98 Å². The Hall–Kier alpha value is -2.15. The normalized spacial score (nSPS) is 13.0. The molecule has 0 saturated heterocycles. The second-order valence-electron chi connectivity index (χ2n) is 4.36. The van der Waals surface area contributed by atoms with Crippen molar-refractivity contribution in [2.75, 3.05) is 11.9 Å². The molecule has 0 spiro atoms. The van der Waals surface area contributed by atoms with Gasteiger partial charge >= 0.3 is 6.18 Å². The van der Waals surface area contributed by atoms with Gasteiger partial charge in [-0.25, -0.2) is 9.37 Å². The third-order valence-corrected chi connectivity index (χ3v) is 2.85. The lowest BCUT2D eigenvalue weighted by molar-refractivity contribution is -0.137. The molecule has 0 radical (unpaired) electrons. The Morgan fingerprint density at radius 2 is 1.95 bits per heavy atom. The zero-order chi connectivity index (χ0) is 15.5. The first-order chi connectivity index (χ1) is 9.90. The van der Waals surface area contributed by atoms with Crippen LogP contribution < -0.4 is 5.32 Å². The minimum absolute atomic E-state index is 0.159. The quantitative estimate of drug-likeness (QED) is 0.851. The molecular formula is C14H12F4N2O. The molecule has 0 fully saturated rings. The van der Waals surface area contributed by atoms with Gasteiger partial charge in [0.2, 0.25) is 0 Å². The first-order valence-electron chi connectivity index (χ1n) is 6.06. The highest BCUT2D eigenvalue weighted by atomic mass is 19.4. The van der Waals surface area contributed by atoms with Crippen LogP contribution in [0.5, 0.6) is 0 Å². The van der Waals surface area contributed by atoms with Gasteiger partial charge in [0.15, 0.2) is 0 Å². The summed E-state index contributed by atoms with van der Waals surface area (Å²) in [6, 6.07) is 6.95. The van der Waals surface area contributed by atoms with Crippen LogP contribution in [-0.2, 0) is 6.18 Å². The van der Waals surface area contributed by atoms with Crippen LogP contribution in [0, 0.1) is 5.82 Å². The molecule has 1 aromatic carbocycles. The van der Waals surface area contributed by atoms with Crippen LogP contribution in [0.25, 0.3) is 0 Å². The molecule has 0 aliphatic heterocycles. The zero-order valence-corrected chi connectivity index (χ0v) is 10.7. The molecule has 0 aliphatic rings. The summed E-state index contributed by atoms with van der Waals surface area (Å²) in [5.74, 6) is -0.306. The second kappa shape index (κ2) is 6.09. The van der Waals surface area contributed by atoms with Gasteiger partial charge in [-0.3, -0.25) is 0 Å². The second-order valence-corrected chi connectivity index (χ2v) is 4.36. The number of nitrogens with one attached hydrogen (secondary N) is 1. The summed E-state index contributed by atoms with van der Waals surface area (Å²) in [4.78, 5) is 3.64. The van der Waals surface area contributed by atoms with E-state index in [1.165, 1.54) is 18.2 Å². The van der Waals surface area contributed by atoms with Crippen LogP contribution >= 0.6 is 0 Å². The van der Waals surface area contributed by atoms with E-state index in [0.29, 0.717) is 11.8 Å². The number of hydrogen-bond acceptors (Lipinski definition) is 3. The summed E-state index contributed by atoms with van der Waals surface area (Å²) in [7, 11) is 0. The van der Waals surface area contributed by atoms with Crippen molar-refractivity contribution in [3.63, 3.8) is 0 Å².